The molecule has 0 bridgehead atoms. The first kappa shape index (κ1) is 17.4. The maximum absolute atomic E-state index is 12.2. The molecule has 0 fully saturated rings. The van der Waals surface area contributed by atoms with Gasteiger partial charge in [-0.25, -0.2) is 4.98 Å². The van der Waals surface area contributed by atoms with Crippen molar-refractivity contribution >= 4 is 33.2 Å². The van der Waals surface area contributed by atoms with Gasteiger partial charge in [0.25, 0.3) is 5.56 Å². The molecule has 0 radical (unpaired) electrons. The van der Waals surface area contributed by atoms with Crippen LogP contribution < -0.4 is 5.56 Å². The molecule has 0 saturated carbocycles. The van der Waals surface area contributed by atoms with Gasteiger partial charge in [0.15, 0.2) is 5.01 Å². The molecule has 0 spiro atoms. The van der Waals surface area contributed by atoms with Gasteiger partial charge in [-0.15, -0.1) is 0 Å². The zero-order valence-corrected chi connectivity index (χ0v) is 15.7. The van der Waals surface area contributed by atoms with Gasteiger partial charge in [-0.3, -0.25) is 9.59 Å². The molecule has 0 aliphatic heterocycles. The van der Waals surface area contributed by atoms with Gasteiger partial charge in [0.2, 0.25) is 4.96 Å². The van der Waals surface area contributed by atoms with Crippen LogP contribution >= 0.6 is 11.3 Å². The fraction of sp³-hybridized carbons (Fsp3) is 0.263. The summed E-state index contributed by atoms with van der Waals surface area (Å²) >= 11 is 1.23. The fourth-order valence-electron chi connectivity index (χ4n) is 2.85. The van der Waals surface area contributed by atoms with Crippen molar-refractivity contribution in [3.05, 3.63) is 62.7 Å². The number of aromatic nitrogens is 3. The van der Waals surface area contributed by atoms with E-state index in [4.69, 9.17) is 9.15 Å². The average Bonchev–Trinajstić information content (AvgIpc) is 3.23. The molecule has 8 heteroatoms. The first-order valence-electron chi connectivity index (χ1n) is 8.54. The third-order valence-electron chi connectivity index (χ3n) is 4.23. The topological polar surface area (TPSA) is 86.7 Å². The fourth-order valence-corrected chi connectivity index (χ4v) is 3.71. The Bertz CT molecular complexity index is 1200. The SMILES string of the molecule is CCc1ccc2c(CC(=O)OCc3nn4c(=O)cc(C)nc4s3)coc2c1. The first-order chi connectivity index (χ1) is 13.0. The lowest BCUT2D eigenvalue weighted by molar-refractivity contribution is -0.144. The van der Waals surface area contributed by atoms with Gasteiger partial charge in [-0.1, -0.05) is 30.4 Å². The van der Waals surface area contributed by atoms with E-state index in [2.05, 4.69) is 17.0 Å². The molecule has 0 amide bonds. The van der Waals surface area contributed by atoms with E-state index in [-0.39, 0.29) is 24.6 Å². The number of benzene rings is 1. The molecule has 4 rings (SSSR count). The first-order valence-corrected chi connectivity index (χ1v) is 9.36. The second kappa shape index (κ2) is 6.96. The Kier molecular flexibility index (Phi) is 4.49. The van der Waals surface area contributed by atoms with Gasteiger partial charge in [0.05, 0.1) is 12.7 Å². The molecule has 0 aliphatic rings. The highest BCUT2D eigenvalue weighted by atomic mass is 32.1. The lowest BCUT2D eigenvalue weighted by Gasteiger charge is -2.01. The summed E-state index contributed by atoms with van der Waals surface area (Å²) in [6.07, 6.45) is 2.63. The van der Waals surface area contributed by atoms with Crippen LogP contribution in [0.3, 0.4) is 0 Å². The van der Waals surface area contributed by atoms with E-state index in [0.29, 0.717) is 15.7 Å². The summed E-state index contributed by atoms with van der Waals surface area (Å²) in [5.74, 6) is -0.381. The van der Waals surface area contributed by atoms with Gasteiger partial charge in [0.1, 0.15) is 12.2 Å². The van der Waals surface area contributed by atoms with E-state index in [1.165, 1.54) is 27.5 Å². The van der Waals surface area contributed by atoms with Crippen molar-refractivity contribution < 1.29 is 13.9 Å². The molecule has 7 nitrogen and oxygen atoms in total. The van der Waals surface area contributed by atoms with Crippen LogP contribution in [0.2, 0.25) is 0 Å². The minimum atomic E-state index is -0.381. The Morgan fingerprint density at radius 2 is 2.19 bits per heavy atom. The molecule has 0 aliphatic carbocycles. The van der Waals surface area contributed by atoms with E-state index >= 15 is 0 Å². The van der Waals surface area contributed by atoms with E-state index in [0.717, 1.165) is 23.0 Å². The second-order valence-electron chi connectivity index (χ2n) is 6.21. The third-order valence-corrected chi connectivity index (χ3v) is 5.12. The number of ether oxygens (including phenoxy) is 1. The van der Waals surface area contributed by atoms with Crippen LogP contribution in [0.1, 0.15) is 28.8 Å². The number of hydrogen-bond donors (Lipinski definition) is 0. The number of rotatable bonds is 5. The van der Waals surface area contributed by atoms with Crippen LogP contribution in [-0.2, 0) is 29.0 Å². The van der Waals surface area contributed by atoms with Crippen LogP contribution in [-0.4, -0.2) is 20.6 Å². The molecule has 27 heavy (non-hydrogen) atoms. The molecule has 138 valence electrons. The summed E-state index contributed by atoms with van der Waals surface area (Å²) < 4.78 is 12.1. The van der Waals surface area contributed by atoms with E-state index in [9.17, 15) is 9.59 Å². The average molecular weight is 383 g/mol. The smallest absolute Gasteiger partial charge is 0.310 e. The molecular weight excluding hydrogens is 366 g/mol. The Morgan fingerprint density at radius 1 is 1.33 bits per heavy atom. The minimum Gasteiger partial charge on any atom is -0.464 e. The molecule has 0 unspecified atom stereocenters. The van der Waals surface area contributed by atoms with Gasteiger partial charge in [-0.05, 0) is 25.0 Å². The highest BCUT2D eigenvalue weighted by Gasteiger charge is 2.14. The highest BCUT2D eigenvalue weighted by molar-refractivity contribution is 7.16. The maximum atomic E-state index is 12.2. The minimum absolute atomic E-state index is 0.00111. The zero-order valence-electron chi connectivity index (χ0n) is 14.9. The second-order valence-corrected chi connectivity index (χ2v) is 7.25. The van der Waals surface area contributed by atoms with Crippen molar-refractivity contribution in [3.8, 4) is 0 Å². The van der Waals surface area contributed by atoms with E-state index in [1.807, 2.05) is 18.2 Å². The Hall–Kier alpha value is -3.00. The largest absolute Gasteiger partial charge is 0.464 e. The number of nitrogens with zero attached hydrogens (tertiary/aromatic N) is 3. The molecule has 0 atom stereocenters. The number of aryl methyl sites for hydroxylation is 2. The van der Waals surface area contributed by atoms with Gasteiger partial charge >= 0.3 is 5.97 Å². The van der Waals surface area contributed by atoms with Gasteiger partial charge in [-0.2, -0.15) is 9.61 Å². The lowest BCUT2D eigenvalue weighted by Crippen LogP contribution is -2.14. The van der Waals surface area contributed by atoms with E-state index < -0.39 is 0 Å². The Balaban J connectivity index is 1.46. The van der Waals surface area contributed by atoms with Crippen molar-refractivity contribution in [2.45, 2.75) is 33.3 Å². The molecule has 3 heterocycles. The number of esters is 1. The molecule has 1 aromatic carbocycles. The molecule has 4 aromatic rings. The van der Waals surface area contributed by atoms with Crippen molar-refractivity contribution in [2.24, 2.45) is 0 Å². The van der Waals surface area contributed by atoms with Crippen LogP contribution in [0, 0.1) is 6.92 Å². The monoisotopic (exact) mass is 383 g/mol. The third kappa shape index (κ3) is 3.48. The Morgan fingerprint density at radius 3 is 3.00 bits per heavy atom. The summed E-state index contributed by atoms with van der Waals surface area (Å²) in [6, 6.07) is 7.39. The van der Waals surface area contributed by atoms with Gasteiger partial charge in [0, 0.05) is 22.7 Å². The normalized spacial score (nSPS) is 11.3. The summed E-state index contributed by atoms with van der Waals surface area (Å²) in [7, 11) is 0. The Labute approximate surface area is 158 Å². The maximum Gasteiger partial charge on any atom is 0.310 e. The standard InChI is InChI=1S/C19H17N3O4S/c1-3-12-4-5-14-13(9-25-15(14)7-12)8-18(24)26-10-16-21-22-17(23)6-11(2)20-19(22)27-16/h4-7,9H,3,8,10H2,1-2H3. The summed E-state index contributed by atoms with van der Waals surface area (Å²) in [5, 5.41) is 5.59. The molecule has 0 N–H and O–H groups in total. The summed E-state index contributed by atoms with van der Waals surface area (Å²) in [6.45, 7) is 3.83. The molecule has 0 saturated heterocycles. The van der Waals surface area contributed by atoms with Crippen LogP contribution in [0.25, 0.3) is 15.9 Å². The number of hydrogen-bond acceptors (Lipinski definition) is 7. The van der Waals surface area contributed by atoms with Crippen LogP contribution in [0.4, 0.5) is 0 Å². The lowest BCUT2D eigenvalue weighted by atomic mass is 10.1. The van der Waals surface area contributed by atoms with Crippen LogP contribution in [0.5, 0.6) is 0 Å². The summed E-state index contributed by atoms with van der Waals surface area (Å²) in [4.78, 5) is 28.8. The zero-order chi connectivity index (χ0) is 19.0. The summed E-state index contributed by atoms with van der Waals surface area (Å²) in [5.41, 5.74) is 3.12. The molecule has 3 aromatic heterocycles. The van der Waals surface area contributed by atoms with Crippen molar-refractivity contribution in [1.29, 1.82) is 0 Å². The van der Waals surface area contributed by atoms with Crippen molar-refractivity contribution in [3.63, 3.8) is 0 Å². The predicted molar refractivity (Wildman–Crippen MR) is 101 cm³/mol. The van der Waals surface area contributed by atoms with Crippen molar-refractivity contribution in [1.82, 2.24) is 14.6 Å². The van der Waals surface area contributed by atoms with Crippen molar-refractivity contribution in [2.75, 3.05) is 0 Å². The number of carbonyl (C=O) groups is 1. The van der Waals surface area contributed by atoms with E-state index in [1.54, 1.807) is 13.2 Å². The quantitative estimate of drug-likeness (QED) is 0.492. The highest BCUT2D eigenvalue weighted by Crippen LogP contribution is 2.23. The van der Waals surface area contributed by atoms with Crippen LogP contribution in [0.15, 0.2) is 39.7 Å². The number of fused-ring (bicyclic) bond motifs is 2. The predicted octanol–water partition coefficient (Wildman–Crippen LogP) is 3.05. The number of furan rings is 1. The molecular formula is C19H17N3O4S. The van der Waals surface area contributed by atoms with Gasteiger partial charge < -0.3 is 9.15 Å². The number of carbonyl (C=O) groups excluding carboxylic acids is 1.